The summed E-state index contributed by atoms with van der Waals surface area (Å²) in [5.41, 5.74) is 0.893. The Balaban J connectivity index is 1.82. The first-order chi connectivity index (χ1) is 10.1. The van der Waals surface area contributed by atoms with Crippen LogP contribution in [0.1, 0.15) is 15.9 Å². The molecule has 110 valence electrons. The second-order valence-electron chi connectivity index (χ2n) is 4.43. The number of aromatic carboxylic acids is 1. The molecule has 0 aromatic heterocycles. The topological polar surface area (TPSA) is 55.8 Å². The second kappa shape index (κ2) is 6.74. The molecule has 0 atom stereocenters. The highest BCUT2D eigenvalue weighted by atomic mass is 19.1. The number of ether oxygens (including phenoxy) is 2. The molecule has 0 aliphatic rings. The average molecular weight is 290 g/mol. The first-order valence-electron chi connectivity index (χ1n) is 6.41. The summed E-state index contributed by atoms with van der Waals surface area (Å²) in [4.78, 5) is 10.9. The quantitative estimate of drug-likeness (QED) is 0.829. The number of aryl methyl sites for hydroxylation is 1. The van der Waals surface area contributed by atoms with E-state index in [9.17, 15) is 9.18 Å². The SMILES string of the molecule is Cc1cc(OCCOc2ccc(F)cc2)ccc1C(=O)O. The third kappa shape index (κ3) is 4.21. The molecule has 0 saturated carbocycles. The summed E-state index contributed by atoms with van der Waals surface area (Å²) in [5, 5.41) is 8.93. The number of rotatable bonds is 6. The monoisotopic (exact) mass is 290 g/mol. The predicted octanol–water partition coefficient (Wildman–Crippen LogP) is 3.29. The van der Waals surface area contributed by atoms with Crippen LogP contribution in [-0.2, 0) is 0 Å². The molecule has 0 aliphatic heterocycles. The van der Waals surface area contributed by atoms with Gasteiger partial charge in [-0.25, -0.2) is 9.18 Å². The van der Waals surface area contributed by atoms with Gasteiger partial charge < -0.3 is 14.6 Å². The van der Waals surface area contributed by atoms with Gasteiger partial charge in [-0.15, -0.1) is 0 Å². The van der Waals surface area contributed by atoms with Crippen molar-refractivity contribution in [3.8, 4) is 11.5 Å². The molecule has 0 amide bonds. The van der Waals surface area contributed by atoms with Crippen LogP contribution in [0, 0.1) is 12.7 Å². The Morgan fingerprint density at radius 2 is 1.62 bits per heavy atom. The number of hydrogen-bond acceptors (Lipinski definition) is 3. The minimum Gasteiger partial charge on any atom is -0.490 e. The Morgan fingerprint density at radius 3 is 2.19 bits per heavy atom. The highest BCUT2D eigenvalue weighted by molar-refractivity contribution is 5.89. The molecule has 1 N–H and O–H groups in total. The van der Waals surface area contributed by atoms with E-state index < -0.39 is 5.97 Å². The maximum Gasteiger partial charge on any atom is 0.335 e. The van der Waals surface area contributed by atoms with Gasteiger partial charge in [-0.1, -0.05) is 0 Å². The van der Waals surface area contributed by atoms with E-state index in [0.717, 1.165) is 0 Å². The first kappa shape index (κ1) is 14.8. The molecule has 2 aromatic rings. The van der Waals surface area contributed by atoms with E-state index in [1.165, 1.54) is 18.2 Å². The van der Waals surface area contributed by atoms with E-state index in [1.807, 2.05) is 0 Å². The smallest absolute Gasteiger partial charge is 0.335 e. The van der Waals surface area contributed by atoms with Gasteiger partial charge in [-0.3, -0.25) is 0 Å². The van der Waals surface area contributed by atoms with Crippen molar-refractivity contribution in [3.63, 3.8) is 0 Å². The maximum absolute atomic E-state index is 12.7. The van der Waals surface area contributed by atoms with Gasteiger partial charge in [0.25, 0.3) is 0 Å². The largest absolute Gasteiger partial charge is 0.490 e. The third-order valence-electron chi connectivity index (χ3n) is 2.86. The fraction of sp³-hybridized carbons (Fsp3) is 0.188. The number of halogens is 1. The molecule has 2 rings (SSSR count). The molecule has 5 heteroatoms. The number of carboxylic acid groups (broad SMARTS) is 1. The molecule has 0 spiro atoms. The summed E-state index contributed by atoms with van der Waals surface area (Å²) in [5.74, 6) is -0.121. The third-order valence-corrected chi connectivity index (χ3v) is 2.86. The lowest BCUT2D eigenvalue weighted by molar-refractivity contribution is 0.0696. The number of hydrogen-bond donors (Lipinski definition) is 1. The van der Waals surface area contributed by atoms with Crippen molar-refractivity contribution in [1.82, 2.24) is 0 Å². The van der Waals surface area contributed by atoms with Gasteiger partial charge in [-0.05, 0) is 55.0 Å². The lowest BCUT2D eigenvalue weighted by Gasteiger charge is -2.09. The molecule has 0 bridgehead atoms. The Bertz CT molecular complexity index is 623. The fourth-order valence-electron chi connectivity index (χ4n) is 1.82. The van der Waals surface area contributed by atoms with Crippen LogP contribution < -0.4 is 9.47 Å². The highest BCUT2D eigenvalue weighted by Gasteiger charge is 2.07. The molecule has 0 aliphatic carbocycles. The summed E-state index contributed by atoms with van der Waals surface area (Å²) in [6.45, 7) is 2.33. The molecule has 0 saturated heterocycles. The van der Waals surface area contributed by atoms with Crippen LogP contribution in [0.5, 0.6) is 11.5 Å². The van der Waals surface area contributed by atoms with Gasteiger partial charge in [0, 0.05) is 0 Å². The molecular formula is C16H15FO4. The van der Waals surface area contributed by atoms with Crippen LogP contribution in [0.3, 0.4) is 0 Å². The fourth-order valence-corrected chi connectivity index (χ4v) is 1.82. The van der Waals surface area contributed by atoms with Crippen molar-refractivity contribution < 1.29 is 23.8 Å². The summed E-state index contributed by atoms with van der Waals surface area (Å²) in [7, 11) is 0. The summed E-state index contributed by atoms with van der Waals surface area (Å²) < 4.78 is 23.6. The van der Waals surface area contributed by atoms with Crippen molar-refractivity contribution in [2.45, 2.75) is 6.92 Å². The van der Waals surface area contributed by atoms with E-state index >= 15 is 0 Å². The van der Waals surface area contributed by atoms with Gasteiger partial charge in [0.2, 0.25) is 0 Å². The standard InChI is InChI=1S/C16H15FO4/c1-11-10-14(6-7-15(11)16(18)19)21-9-8-20-13-4-2-12(17)3-5-13/h2-7,10H,8-9H2,1H3,(H,18,19). The van der Waals surface area contributed by atoms with E-state index in [1.54, 1.807) is 31.2 Å². The molecule has 0 heterocycles. The van der Waals surface area contributed by atoms with Crippen molar-refractivity contribution in [3.05, 3.63) is 59.4 Å². The van der Waals surface area contributed by atoms with E-state index in [0.29, 0.717) is 30.3 Å². The van der Waals surface area contributed by atoms with Gasteiger partial charge in [0.15, 0.2) is 0 Å². The lowest BCUT2D eigenvalue weighted by atomic mass is 10.1. The Labute approximate surface area is 121 Å². The van der Waals surface area contributed by atoms with Crippen LogP contribution in [0.25, 0.3) is 0 Å². The van der Waals surface area contributed by atoms with Crippen molar-refractivity contribution in [2.24, 2.45) is 0 Å². The van der Waals surface area contributed by atoms with Gasteiger partial charge >= 0.3 is 5.97 Å². The second-order valence-corrected chi connectivity index (χ2v) is 4.43. The minimum atomic E-state index is -0.960. The van der Waals surface area contributed by atoms with E-state index in [4.69, 9.17) is 14.6 Å². The molecular weight excluding hydrogens is 275 g/mol. The zero-order valence-electron chi connectivity index (χ0n) is 11.5. The van der Waals surface area contributed by atoms with E-state index in [-0.39, 0.29) is 11.4 Å². The van der Waals surface area contributed by atoms with Crippen LogP contribution >= 0.6 is 0 Å². The van der Waals surface area contributed by atoms with Crippen LogP contribution in [0.2, 0.25) is 0 Å². The van der Waals surface area contributed by atoms with Crippen molar-refractivity contribution in [2.75, 3.05) is 13.2 Å². The summed E-state index contributed by atoms with van der Waals surface area (Å²) in [6.07, 6.45) is 0. The Hall–Kier alpha value is -2.56. The molecule has 4 nitrogen and oxygen atoms in total. The van der Waals surface area contributed by atoms with Gasteiger partial charge in [0.05, 0.1) is 5.56 Å². The molecule has 21 heavy (non-hydrogen) atoms. The first-order valence-corrected chi connectivity index (χ1v) is 6.41. The zero-order chi connectivity index (χ0) is 15.2. The average Bonchev–Trinajstić information content (AvgIpc) is 2.45. The summed E-state index contributed by atoms with van der Waals surface area (Å²) >= 11 is 0. The van der Waals surface area contributed by atoms with Gasteiger partial charge in [0.1, 0.15) is 30.5 Å². The van der Waals surface area contributed by atoms with Crippen LogP contribution in [-0.4, -0.2) is 24.3 Å². The maximum atomic E-state index is 12.7. The number of carbonyl (C=O) groups is 1. The Kier molecular flexibility index (Phi) is 4.77. The van der Waals surface area contributed by atoms with Crippen molar-refractivity contribution in [1.29, 1.82) is 0 Å². The number of benzene rings is 2. The number of carboxylic acids is 1. The lowest BCUT2D eigenvalue weighted by Crippen LogP contribution is -2.09. The Morgan fingerprint density at radius 1 is 1.05 bits per heavy atom. The minimum absolute atomic E-state index is 0.255. The zero-order valence-corrected chi connectivity index (χ0v) is 11.5. The predicted molar refractivity (Wildman–Crippen MR) is 75.5 cm³/mol. The highest BCUT2D eigenvalue weighted by Crippen LogP contribution is 2.17. The normalized spacial score (nSPS) is 10.2. The summed E-state index contributed by atoms with van der Waals surface area (Å²) in [6, 6.07) is 10.5. The molecule has 0 fully saturated rings. The van der Waals surface area contributed by atoms with E-state index in [2.05, 4.69) is 0 Å². The molecule has 2 aromatic carbocycles. The molecule has 0 unspecified atom stereocenters. The van der Waals surface area contributed by atoms with Gasteiger partial charge in [-0.2, -0.15) is 0 Å². The van der Waals surface area contributed by atoms with Crippen LogP contribution in [0.15, 0.2) is 42.5 Å². The van der Waals surface area contributed by atoms with Crippen LogP contribution in [0.4, 0.5) is 4.39 Å². The van der Waals surface area contributed by atoms with Crippen molar-refractivity contribution >= 4 is 5.97 Å². The molecule has 0 radical (unpaired) electrons.